The summed E-state index contributed by atoms with van der Waals surface area (Å²) in [7, 11) is 2.03. The van der Waals surface area contributed by atoms with Crippen LogP contribution in [0, 0.1) is 5.92 Å². The Labute approximate surface area is 103 Å². The van der Waals surface area contributed by atoms with Crippen molar-refractivity contribution >= 4 is 0 Å². The molecule has 1 aliphatic carbocycles. The van der Waals surface area contributed by atoms with Gasteiger partial charge in [0.15, 0.2) is 0 Å². The first-order valence-electron chi connectivity index (χ1n) is 6.59. The van der Waals surface area contributed by atoms with Gasteiger partial charge in [0.05, 0.1) is 6.10 Å². The second-order valence-electron chi connectivity index (χ2n) is 4.88. The predicted octanol–water partition coefficient (Wildman–Crippen LogP) is 1.75. The Morgan fingerprint density at radius 3 is 3.00 bits per heavy atom. The lowest BCUT2D eigenvalue weighted by atomic mass is 9.77. The zero-order valence-electron chi connectivity index (χ0n) is 10.8. The number of ether oxygens (including phenoxy) is 1. The van der Waals surface area contributed by atoms with Gasteiger partial charge in [-0.2, -0.15) is 0 Å². The fourth-order valence-corrected chi connectivity index (χ4v) is 2.59. The Morgan fingerprint density at radius 1 is 1.59 bits per heavy atom. The summed E-state index contributed by atoms with van der Waals surface area (Å²) < 4.78 is 5.59. The molecule has 1 aliphatic rings. The molecule has 4 heteroatoms. The lowest BCUT2D eigenvalue weighted by Gasteiger charge is -2.36. The number of hydrogen-bond donors (Lipinski definition) is 2. The molecule has 0 saturated heterocycles. The van der Waals surface area contributed by atoms with Gasteiger partial charge >= 0.3 is 0 Å². The molecule has 0 aromatic carbocycles. The number of nitrogens with zero attached hydrogens (tertiary/aromatic N) is 1. The highest BCUT2D eigenvalue weighted by atomic mass is 16.5. The Balaban J connectivity index is 1.70. The van der Waals surface area contributed by atoms with E-state index in [1.165, 1.54) is 19.3 Å². The molecule has 1 saturated carbocycles. The predicted molar refractivity (Wildman–Crippen MR) is 67.9 cm³/mol. The van der Waals surface area contributed by atoms with Gasteiger partial charge in [-0.1, -0.05) is 0 Å². The SMILES string of the molecule is CCOC1CC(CC(Cc2ncc[nH]2)NC)C1. The van der Waals surface area contributed by atoms with Gasteiger partial charge in [-0.15, -0.1) is 0 Å². The van der Waals surface area contributed by atoms with Gasteiger partial charge in [0.1, 0.15) is 5.82 Å². The minimum absolute atomic E-state index is 0.520. The monoisotopic (exact) mass is 237 g/mol. The lowest BCUT2D eigenvalue weighted by molar-refractivity contribution is -0.0288. The highest BCUT2D eigenvalue weighted by Crippen LogP contribution is 2.33. The molecule has 0 amide bonds. The molecule has 0 aliphatic heterocycles. The number of aromatic amines is 1. The van der Waals surface area contributed by atoms with E-state index in [1.807, 2.05) is 19.4 Å². The molecule has 1 aromatic rings. The van der Waals surface area contributed by atoms with Gasteiger partial charge in [-0.3, -0.25) is 0 Å². The normalized spacial score (nSPS) is 25.5. The molecule has 96 valence electrons. The third kappa shape index (κ3) is 3.54. The van der Waals surface area contributed by atoms with Crippen LogP contribution in [0.4, 0.5) is 0 Å². The van der Waals surface area contributed by atoms with Crippen molar-refractivity contribution in [2.75, 3.05) is 13.7 Å². The van der Waals surface area contributed by atoms with E-state index < -0.39 is 0 Å². The van der Waals surface area contributed by atoms with Crippen LogP contribution in [0.15, 0.2) is 12.4 Å². The van der Waals surface area contributed by atoms with Crippen LogP contribution in [-0.2, 0) is 11.2 Å². The van der Waals surface area contributed by atoms with E-state index in [0.717, 1.165) is 24.8 Å². The maximum Gasteiger partial charge on any atom is 0.107 e. The Hall–Kier alpha value is -0.870. The third-order valence-electron chi connectivity index (χ3n) is 3.62. The fraction of sp³-hybridized carbons (Fsp3) is 0.769. The quantitative estimate of drug-likeness (QED) is 0.759. The number of hydrogen-bond acceptors (Lipinski definition) is 3. The Kier molecular flexibility index (Phi) is 4.57. The summed E-state index contributed by atoms with van der Waals surface area (Å²) in [4.78, 5) is 7.44. The molecule has 0 radical (unpaired) electrons. The Morgan fingerprint density at radius 2 is 2.41 bits per heavy atom. The first kappa shape index (κ1) is 12.6. The van der Waals surface area contributed by atoms with Crippen LogP contribution in [0.3, 0.4) is 0 Å². The van der Waals surface area contributed by atoms with Crippen LogP contribution in [0.25, 0.3) is 0 Å². The van der Waals surface area contributed by atoms with Crippen molar-refractivity contribution in [3.63, 3.8) is 0 Å². The fourth-order valence-electron chi connectivity index (χ4n) is 2.59. The summed E-state index contributed by atoms with van der Waals surface area (Å²) in [6.45, 7) is 2.92. The molecule has 1 atom stereocenters. The van der Waals surface area contributed by atoms with Crippen LogP contribution in [0.1, 0.15) is 32.0 Å². The summed E-state index contributed by atoms with van der Waals surface area (Å²) in [5, 5.41) is 3.39. The topological polar surface area (TPSA) is 49.9 Å². The van der Waals surface area contributed by atoms with Crippen LogP contribution in [0.5, 0.6) is 0 Å². The average molecular weight is 237 g/mol. The largest absolute Gasteiger partial charge is 0.378 e. The minimum Gasteiger partial charge on any atom is -0.378 e. The van der Waals surface area contributed by atoms with E-state index >= 15 is 0 Å². The van der Waals surface area contributed by atoms with Gasteiger partial charge in [0.2, 0.25) is 0 Å². The van der Waals surface area contributed by atoms with E-state index in [-0.39, 0.29) is 0 Å². The van der Waals surface area contributed by atoms with E-state index in [9.17, 15) is 0 Å². The van der Waals surface area contributed by atoms with Crippen LogP contribution < -0.4 is 5.32 Å². The highest BCUT2D eigenvalue weighted by Gasteiger charge is 2.31. The van der Waals surface area contributed by atoms with Crippen LogP contribution in [-0.4, -0.2) is 35.8 Å². The van der Waals surface area contributed by atoms with E-state index in [0.29, 0.717) is 12.1 Å². The molecule has 0 spiro atoms. The number of likely N-dealkylation sites (N-methyl/N-ethyl adjacent to an activating group) is 1. The highest BCUT2D eigenvalue weighted by molar-refractivity contribution is 4.93. The van der Waals surface area contributed by atoms with E-state index in [4.69, 9.17) is 4.74 Å². The van der Waals surface area contributed by atoms with Gasteiger partial charge in [-0.05, 0) is 39.2 Å². The molecule has 4 nitrogen and oxygen atoms in total. The number of rotatable bonds is 7. The molecule has 1 heterocycles. The number of nitrogens with one attached hydrogen (secondary N) is 2. The molecule has 1 unspecified atom stereocenters. The van der Waals surface area contributed by atoms with Crippen molar-refractivity contribution < 1.29 is 4.74 Å². The second kappa shape index (κ2) is 6.17. The van der Waals surface area contributed by atoms with E-state index in [1.54, 1.807) is 0 Å². The van der Waals surface area contributed by atoms with Gasteiger partial charge in [0.25, 0.3) is 0 Å². The van der Waals surface area contributed by atoms with E-state index in [2.05, 4.69) is 22.2 Å². The molecule has 0 bridgehead atoms. The molecular formula is C13H23N3O. The molecule has 17 heavy (non-hydrogen) atoms. The molecule has 1 aromatic heterocycles. The van der Waals surface area contributed by atoms with Gasteiger partial charge < -0.3 is 15.0 Å². The Bertz CT molecular complexity index is 306. The summed E-state index contributed by atoms with van der Waals surface area (Å²) in [5.41, 5.74) is 0. The maximum atomic E-state index is 5.59. The van der Waals surface area contributed by atoms with Crippen molar-refractivity contribution in [3.8, 4) is 0 Å². The zero-order valence-corrected chi connectivity index (χ0v) is 10.8. The summed E-state index contributed by atoms with van der Waals surface area (Å²) in [6.07, 6.45) is 8.88. The molecular weight excluding hydrogens is 214 g/mol. The molecule has 1 fully saturated rings. The van der Waals surface area contributed by atoms with Gasteiger partial charge in [0, 0.05) is 31.5 Å². The standard InChI is InChI=1S/C13H23N3O/c1-3-17-12-7-10(8-12)6-11(14-2)9-13-15-4-5-16-13/h4-5,10-12,14H,3,6-9H2,1-2H3,(H,15,16). The zero-order chi connectivity index (χ0) is 12.1. The molecule has 2 rings (SSSR count). The van der Waals surface area contributed by atoms with Crippen molar-refractivity contribution in [3.05, 3.63) is 18.2 Å². The molecule has 2 N–H and O–H groups in total. The third-order valence-corrected chi connectivity index (χ3v) is 3.62. The number of H-pyrrole nitrogens is 1. The summed E-state index contributed by atoms with van der Waals surface area (Å²) in [5.74, 6) is 1.89. The van der Waals surface area contributed by atoms with Crippen molar-refractivity contribution in [1.82, 2.24) is 15.3 Å². The van der Waals surface area contributed by atoms with Gasteiger partial charge in [-0.25, -0.2) is 4.98 Å². The second-order valence-corrected chi connectivity index (χ2v) is 4.88. The van der Waals surface area contributed by atoms with Crippen molar-refractivity contribution in [1.29, 1.82) is 0 Å². The van der Waals surface area contributed by atoms with Crippen molar-refractivity contribution in [2.24, 2.45) is 5.92 Å². The van der Waals surface area contributed by atoms with Crippen LogP contribution >= 0.6 is 0 Å². The first-order chi connectivity index (χ1) is 8.31. The minimum atomic E-state index is 0.520. The lowest BCUT2D eigenvalue weighted by Crippen LogP contribution is -2.38. The number of imidazole rings is 1. The van der Waals surface area contributed by atoms with Crippen LogP contribution in [0.2, 0.25) is 0 Å². The summed E-state index contributed by atoms with van der Waals surface area (Å²) in [6, 6.07) is 0.522. The maximum absolute atomic E-state index is 5.59. The smallest absolute Gasteiger partial charge is 0.107 e. The first-order valence-corrected chi connectivity index (χ1v) is 6.59. The average Bonchev–Trinajstić information content (AvgIpc) is 2.77. The van der Waals surface area contributed by atoms with Crippen molar-refractivity contribution in [2.45, 2.75) is 44.8 Å². The number of aromatic nitrogens is 2. The summed E-state index contributed by atoms with van der Waals surface area (Å²) >= 11 is 0.